The first kappa shape index (κ1) is 16.1. The van der Waals surface area contributed by atoms with E-state index in [9.17, 15) is 9.59 Å². The maximum absolute atomic E-state index is 12.2. The van der Waals surface area contributed by atoms with Crippen molar-refractivity contribution in [2.24, 2.45) is 11.3 Å². The molecule has 0 radical (unpaired) electrons. The van der Waals surface area contributed by atoms with Crippen LogP contribution in [0, 0.1) is 11.3 Å². The lowest BCUT2D eigenvalue weighted by Gasteiger charge is -2.49. The van der Waals surface area contributed by atoms with Crippen molar-refractivity contribution in [3.8, 4) is 0 Å². The number of hydrogen-bond acceptors (Lipinski definition) is 2. The van der Waals surface area contributed by atoms with Gasteiger partial charge in [-0.05, 0) is 37.0 Å². The van der Waals surface area contributed by atoms with E-state index in [4.69, 9.17) is 5.11 Å². The number of rotatable bonds is 4. The molecule has 120 valence electrons. The molecular weight excluding hydrogens is 268 g/mol. The number of carboxylic acid groups (broad SMARTS) is 1. The Morgan fingerprint density at radius 1 is 1.29 bits per heavy atom. The first-order valence-electron chi connectivity index (χ1n) is 8.28. The Labute approximate surface area is 127 Å². The topological polar surface area (TPSA) is 69.6 Å². The molecule has 0 aromatic carbocycles. The molecule has 1 unspecified atom stereocenters. The van der Waals surface area contributed by atoms with Crippen LogP contribution in [0.2, 0.25) is 0 Å². The molecule has 1 saturated carbocycles. The Morgan fingerprint density at radius 2 is 2.00 bits per heavy atom. The summed E-state index contributed by atoms with van der Waals surface area (Å²) in [5, 5.41) is 11.5. The van der Waals surface area contributed by atoms with Crippen molar-refractivity contribution in [2.75, 3.05) is 19.6 Å². The molecule has 1 aliphatic heterocycles. The summed E-state index contributed by atoms with van der Waals surface area (Å²) in [6.45, 7) is 4.49. The van der Waals surface area contributed by atoms with Gasteiger partial charge in [-0.3, -0.25) is 4.79 Å². The zero-order valence-corrected chi connectivity index (χ0v) is 13.1. The van der Waals surface area contributed by atoms with E-state index in [0.717, 1.165) is 19.5 Å². The normalized spacial score (nSPS) is 24.8. The molecule has 1 saturated heterocycles. The molecule has 2 fully saturated rings. The smallest absolute Gasteiger partial charge is 0.317 e. The number of hydrogen-bond donors (Lipinski definition) is 2. The minimum Gasteiger partial charge on any atom is -0.481 e. The average molecular weight is 296 g/mol. The molecule has 5 nitrogen and oxygen atoms in total. The fourth-order valence-corrected chi connectivity index (χ4v) is 3.90. The highest BCUT2D eigenvalue weighted by atomic mass is 16.4. The first-order valence-corrected chi connectivity index (χ1v) is 8.28. The van der Waals surface area contributed by atoms with E-state index in [0.29, 0.717) is 24.3 Å². The van der Waals surface area contributed by atoms with Crippen molar-refractivity contribution < 1.29 is 14.7 Å². The second-order valence-corrected chi connectivity index (χ2v) is 6.76. The van der Waals surface area contributed by atoms with E-state index < -0.39 is 5.97 Å². The number of carbonyl (C=O) groups is 2. The van der Waals surface area contributed by atoms with Gasteiger partial charge in [-0.1, -0.05) is 26.2 Å². The lowest BCUT2D eigenvalue weighted by Crippen LogP contribution is -2.53. The van der Waals surface area contributed by atoms with Gasteiger partial charge in [-0.25, -0.2) is 4.79 Å². The van der Waals surface area contributed by atoms with Gasteiger partial charge in [0, 0.05) is 26.1 Å². The van der Waals surface area contributed by atoms with E-state index in [1.54, 1.807) is 0 Å². The molecule has 2 aliphatic rings. The van der Waals surface area contributed by atoms with Gasteiger partial charge in [-0.2, -0.15) is 0 Å². The summed E-state index contributed by atoms with van der Waals surface area (Å²) in [6, 6.07) is -0.0164. The molecule has 2 amide bonds. The van der Waals surface area contributed by atoms with Crippen molar-refractivity contribution in [3.05, 3.63) is 0 Å². The average Bonchev–Trinajstić information content (AvgIpc) is 2.47. The van der Waals surface area contributed by atoms with Gasteiger partial charge < -0.3 is 15.3 Å². The number of carbonyl (C=O) groups excluding carboxylic acids is 1. The lowest BCUT2D eigenvalue weighted by molar-refractivity contribution is -0.137. The molecule has 2 N–H and O–H groups in total. The molecule has 1 spiro atoms. The Bertz CT molecular complexity index is 378. The van der Waals surface area contributed by atoms with E-state index >= 15 is 0 Å². The van der Waals surface area contributed by atoms with Crippen molar-refractivity contribution in [2.45, 2.75) is 58.3 Å². The van der Waals surface area contributed by atoms with Gasteiger partial charge in [0.15, 0.2) is 0 Å². The highest BCUT2D eigenvalue weighted by Crippen LogP contribution is 2.46. The third kappa shape index (κ3) is 4.11. The lowest BCUT2D eigenvalue weighted by atomic mass is 9.63. The highest BCUT2D eigenvalue weighted by Gasteiger charge is 2.42. The third-order valence-corrected chi connectivity index (χ3v) is 5.36. The van der Waals surface area contributed by atoms with Crippen LogP contribution in [0.1, 0.15) is 58.3 Å². The van der Waals surface area contributed by atoms with Crippen LogP contribution in [0.3, 0.4) is 0 Å². The fraction of sp³-hybridized carbons (Fsp3) is 0.875. The molecule has 1 heterocycles. The summed E-state index contributed by atoms with van der Waals surface area (Å²) >= 11 is 0. The third-order valence-electron chi connectivity index (χ3n) is 5.36. The Kier molecular flexibility index (Phi) is 5.48. The summed E-state index contributed by atoms with van der Waals surface area (Å²) in [6.07, 6.45) is 8.10. The van der Waals surface area contributed by atoms with Crippen molar-refractivity contribution in [1.82, 2.24) is 10.2 Å². The van der Waals surface area contributed by atoms with Crippen LogP contribution in [-0.2, 0) is 4.79 Å². The van der Waals surface area contributed by atoms with E-state index in [2.05, 4.69) is 12.2 Å². The Morgan fingerprint density at radius 3 is 2.67 bits per heavy atom. The zero-order chi connectivity index (χ0) is 15.3. The SMILES string of the molecule is CC1CCN(C(=O)NCCCC(=O)O)CC12CCCCC2. The summed E-state index contributed by atoms with van der Waals surface area (Å²) in [5.74, 6) is -0.105. The molecule has 1 aliphatic carbocycles. The number of nitrogens with zero attached hydrogens (tertiary/aromatic N) is 1. The van der Waals surface area contributed by atoms with Gasteiger partial charge in [0.05, 0.1) is 0 Å². The van der Waals surface area contributed by atoms with Gasteiger partial charge in [0.1, 0.15) is 0 Å². The minimum atomic E-state index is -0.808. The molecular formula is C16H28N2O3. The van der Waals surface area contributed by atoms with Gasteiger partial charge in [-0.15, -0.1) is 0 Å². The summed E-state index contributed by atoms with van der Waals surface area (Å²) < 4.78 is 0. The van der Waals surface area contributed by atoms with Crippen LogP contribution in [0.5, 0.6) is 0 Å². The van der Waals surface area contributed by atoms with Gasteiger partial charge >= 0.3 is 12.0 Å². The van der Waals surface area contributed by atoms with Crippen LogP contribution in [0.25, 0.3) is 0 Å². The van der Waals surface area contributed by atoms with Gasteiger partial charge in [0.25, 0.3) is 0 Å². The number of likely N-dealkylation sites (tertiary alicyclic amines) is 1. The highest BCUT2D eigenvalue weighted by molar-refractivity contribution is 5.74. The van der Waals surface area contributed by atoms with Crippen molar-refractivity contribution in [3.63, 3.8) is 0 Å². The number of aliphatic carboxylic acids is 1. The van der Waals surface area contributed by atoms with Crippen LogP contribution in [0.4, 0.5) is 4.79 Å². The van der Waals surface area contributed by atoms with E-state index in [-0.39, 0.29) is 12.5 Å². The molecule has 0 bridgehead atoms. The maximum Gasteiger partial charge on any atom is 0.317 e. The fourth-order valence-electron chi connectivity index (χ4n) is 3.90. The Hall–Kier alpha value is -1.26. The minimum absolute atomic E-state index is 0.0164. The quantitative estimate of drug-likeness (QED) is 0.784. The van der Waals surface area contributed by atoms with Crippen LogP contribution < -0.4 is 5.32 Å². The monoisotopic (exact) mass is 296 g/mol. The number of carboxylic acids is 1. The number of nitrogens with one attached hydrogen (secondary N) is 1. The summed E-state index contributed by atoms with van der Waals surface area (Å²) in [7, 11) is 0. The van der Waals surface area contributed by atoms with Crippen molar-refractivity contribution in [1.29, 1.82) is 0 Å². The number of amides is 2. The maximum atomic E-state index is 12.2. The zero-order valence-electron chi connectivity index (χ0n) is 13.1. The molecule has 0 aromatic heterocycles. The van der Waals surface area contributed by atoms with Crippen LogP contribution in [0.15, 0.2) is 0 Å². The van der Waals surface area contributed by atoms with Crippen molar-refractivity contribution >= 4 is 12.0 Å². The molecule has 21 heavy (non-hydrogen) atoms. The summed E-state index contributed by atoms with van der Waals surface area (Å²) in [4.78, 5) is 24.7. The van der Waals surface area contributed by atoms with Crippen LogP contribution in [-0.4, -0.2) is 41.6 Å². The molecule has 2 rings (SSSR count). The largest absolute Gasteiger partial charge is 0.481 e. The number of urea groups is 1. The van der Waals surface area contributed by atoms with Gasteiger partial charge in [0.2, 0.25) is 0 Å². The standard InChI is InChI=1S/C16H28N2O3/c1-13-7-11-18(12-16(13)8-3-2-4-9-16)15(21)17-10-5-6-14(19)20/h13H,2-12H2,1H3,(H,17,21)(H,19,20). The molecule has 0 aromatic rings. The number of piperidine rings is 1. The Balaban J connectivity index is 1.83. The van der Waals surface area contributed by atoms with E-state index in [1.807, 2.05) is 4.90 Å². The second-order valence-electron chi connectivity index (χ2n) is 6.76. The molecule has 5 heteroatoms. The predicted octanol–water partition coefficient (Wildman–Crippen LogP) is 2.85. The molecule has 1 atom stereocenters. The second kappa shape index (κ2) is 7.14. The van der Waals surface area contributed by atoms with E-state index in [1.165, 1.54) is 32.1 Å². The summed E-state index contributed by atoms with van der Waals surface area (Å²) in [5.41, 5.74) is 0.328. The first-order chi connectivity index (χ1) is 10.0. The van der Waals surface area contributed by atoms with Crippen LogP contribution >= 0.6 is 0 Å². The predicted molar refractivity (Wildman–Crippen MR) is 81.1 cm³/mol.